The van der Waals surface area contributed by atoms with E-state index in [4.69, 9.17) is 13.6 Å². The summed E-state index contributed by atoms with van der Waals surface area (Å²) < 4.78 is 20.6. The SMILES string of the molecule is C[N+]1(C)CCN(CC(O)COCCC[Si](C)(C)O[Si](C)(C)CCCOCC(O)CN2CC[N+](C)(C)CC2)CC1. The zero-order chi connectivity index (χ0) is 29.2. The van der Waals surface area contributed by atoms with Crippen molar-refractivity contribution >= 4 is 16.6 Å². The van der Waals surface area contributed by atoms with Crippen molar-refractivity contribution in [2.24, 2.45) is 0 Å². The van der Waals surface area contributed by atoms with Crippen molar-refractivity contribution in [3.63, 3.8) is 0 Å². The van der Waals surface area contributed by atoms with E-state index in [1.54, 1.807) is 0 Å². The second kappa shape index (κ2) is 16.1. The summed E-state index contributed by atoms with van der Waals surface area (Å²) >= 11 is 0. The molecule has 0 spiro atoms. The number of hydrogen-bond acceptors (Lipinski definition) is 7. The number of aliphatic hydroxyl groups excluding tert-OH is 2. The van der Waals surface area contributed by atoms with Gasteiger partial charge in [0.15, 0.2) is 16.6 Å². The number of hydrogen-bond donors (Lipinski definition) is 2. The van der Waals surface area contributed by atoms with Crippen molar-refractivity contribution in [1.82, 2.24) is 9.80 Å². The molecule has 2 saturated heterocycles. The molecule has 2 aliphatic heterocycles. The molecule has 2 aliphatic rings. The van der Waals surface area contributed by atoms with Crippen molar-refractivity contribution in [2.75, 3.05) is 120 Å². The zero-order valence-electron chi connectivity index (χ0n) is 26.8. The van der Waals surface area contributed by atoms with E-state index >= 15 is 0 Å². The van der Waals surface area contributed by atoms with Crippen molar-refractivity contribution in [3.05, 3.63) is 0 Å². The van der Waals surface area contributed by atoms with Gasteiger partial charge in [-0.1, -0.05) is 0 Å². The normalized spacial score (nSPS) is 22.6. The molecule has 2 N–H and O–H groups in total. The Kier molecular flexibility index (Phi) is 14.5. The molecular formula is C28H64N4O5Si2+2. The van der Waals surface area contributed by atoms with E-state index in [2.05, 4.69) is 64.2 Å². The molecule has 2 atom stereocenters. The molecule has 0 bridgehead atoms. The molecular weight excluding hydrogens is 529 g/mol. The summed E-state index contributed by atoms with van der Waals surface area (Å²) in [4.78, 5) is 4.72. The Labute approximate surface area is 242 Å². The first-order valence-electron chi connectivity index (χ1n) is 15.4. The van der Waals surface area contributed by atoms with Crippen LogP contribution in [0, 0.1) is 0 Å². The highest BCUT2D eigenvalue weighted by molar-refractivity contribution is 6.84. The highest BCUT2D eigenvalue weighted by Gasteiger charge is 2.32. The van der Waals surface area contributed by atoms with Gasteiger partial charge >= 0.3 is 0 Å². The zero-order valence-corrected chi connectivity index (χ0v) is 28.8. The lowest BCUT2D eigenvalue weighted by molar-refractivity contribution is -0.894. The van der Waals surface area contributed by atoms with Gasteiger partial charge in [-0.25, -0.2) is 0 Å². The van der Waals surface area contributed by atoms with Crippen LogP contribution in [0.4, 0.5) is 0 Å². The molecule has 0 aliphatic carbocycles. The topological polar surface area (TPSA) is 74.6 Å². The Morgan fingerprint density at radius 3 is 1.31 bits per heavy atom. The number of nitrogens with zero attached hydrogens (tertiary/aromatic N) is 4. The first-order chi connectivity index (χ1) is 18.1. The van der Waals surface area contributed by atoms with Gasteiger partial charge in [0.25, 0.3) is 0 Å². The molecule has 232 valence electrons. The van der Waals surface area contributed by atoms with Crippen molar-refractivity contribution in [2.45, 2.75) is 63.3 Å². The lowest BCUT2D eigenvalue weighted by Gasteiger charge is -2.39. The van der Waals surface area contributed by atoms with Crippen LogP contribution in [0.25, 0.3) is 0 Å². The number of β-amino-alcohol motifs (C(OH)–C–C–N with tert-alkyl or cyclic N) is 2. The van der Waals surface area contributed by atoms with Crippen LogP contribution in [0.1, 0.15) is 12.8 Å². The summed E-state index contributed by atoms with van der Waals surface area (Å²) in [5, 5.41) is 20.8. The monoisotopic (exact) mass is 592 g/mol. The summed E-state index contributed by atoms with van der Waals surface area (Å²) in [5.41, 5.74) is 0. The fourth-order valence-corrected chi connectivity index (χ4v) is 14.4. The van der Waals surface area contributed by atoms with Gasteiger partial charge in [-0.2, -0.15) is 0 Å². The van der Waals surface area contributed by atoms with Gasteiger partial charge in [-0.3, -0.25) is 9.80 Å². The van der Waals surface area contributed by atoms with Crippen LogP contribution in [0.5, 0.6) is 0 Å². The van der Waals surface area contributed by atoms with Gasteiger partial charge in [0, 0.05) is 52.5 Å². The Morgan fingerprint density at radius 2 is 0.974 bits per heavy atom. The Balaban J connectivity index is 1.50. The number of piperazine rings is 2. The summed E-state index contributed by atoms with van der Waals surface area (Å²) in [6, 6.07) is 2.15. The van der Waals surface area contributed by atoms with Gasteiger partial charge in [0.05, 0.1) is 79.8 Å². The first-order valence-corrected chi connectivity index (χ1v) is 21.6. The Morgan fingerprint density at radius 1 is 0.641 bits per heavy atom. The number of quaternary nitrogens is 2. The molecule has 2 fully saturated rings. The number of aliphatic hydroxyl groups is 2. The molecule has 0 aromatic heterocycles. The lowest BCUT2D eigenvalue weighted by Crippen LogP contribution is -2.56. The molecule has 9 nitrogen and oxygen atoms in total. The molecule has 0 radical (unpaired) electrons. The van der Waals surface area contributed by atoms with Gasteiger partial charge in [-0.15, -0.1) is 0 Å². The molecule has 0 amide bonds. The molecule has 2 unspecified atom stereocenters. The maximum Gasteiger partial charge on any atom is 0.173 e. The largest absolute Gasteiger partial charge is 0.455 e. The number of likely N-dealkylation sites (N-methyl/N-ethyl adjacent to an activating group) is 2. The number of rotatable bonds is 18. The molecule has 2 heterocycles. The van der Waals surface area contributed by atoms with E-state index in [-0.39, 0.29) is 0 Å². The van der Waals surface area contributed by atoms with Crippen LogP contribution in [-0.2, 0) is 13.6 Å². The average molecular weight is 593 g/mol. The molecule has 0 aromatic rings. The minimum absolute atomic E-state index is 0.411. The van der Waals surface area contributed by atoms with E-state index in [0.29, 0.717) is 39.5 Å². The fourth-order valence-electron chi connectivity index (χ4n) is 5.65. The van der Waals surface area contributed by atoms with E-state index in [1.165, 1.54) is 0 Å². The average Bonchev–Trinajstić information content (AvgIpc) is 2.80. The van der Waals surface area contributed by atoms with Crippen LogP contribution >= 0.6 is 0 Å². The summed E-state index contributed by atoms with van der Waals surface area (Å²) in [6.45, 7) is 21.7. The van der Waals surface area contributed by atoms with E-state index in [0.717, 1.165) is 86.3 Å². The lowest BCUT2D eigenvalue weighted by atomic mass is 10.2. The van der Waals surface area contributed by atoms with E-state index in [1.807, 2.05) is 0 Å². The quantitative estimate of drug-likeness (QED) is 0.143. The van der Waals surface area contributed by atoms with Crippen LogP contribution in [-0.4, -0.2) is 178 Å². The highest BCUT2D eigenvalue weighted by atomic mass is 28.4. The van der Waals surface area contributed by atoms with Gasteiger partial charge in [-0.05, 0) is 51.1 Å². The predicted octanol–water partition coefficient (Wildman–Crippen LogP) is 1.73. The molecule has 2 rings (SSSR count). The third kappa shape index (κ3) is 15.8. The summed E-state index contributed by atoms with van der Waals surface area (Å²) in [6.07, 6.45) is 1.15. The second-order valence-corrected chi connectivity index (χ2v) is 23.5. The maximum atomic E-state index is 10.4. The standard InChI is InChI=1S/C28H64N4O5Si2/c1-31(2)15-11-29(12-16-31)23-27(33)25-35-19-9-21-38(5,6)37-39(7,8)22-10-20-36-26-28(34)24-30-13-17-32(3,4)18-14-30/h27-28,33-34H,9-26H2,1-8H3/q+2. The van der Waals surface area contributed by atoms with E-state index < -0.39 is 28.8 Å². The summed E-state index contributed by atoms with van der Waals surface area (Å²) in [5.74, 6) is 0. The van der Waals surface area contributed by atoms with Crippen molar-refractivity contribution in [3.8, 4) is 0 Å². The molecule has 11 heteroatoms. The predicted molar refractivity (Wildman–Crippen MR) is 165 cm³/mol. The maximum absolute atomic E-state index is 10.4. The van der Waals surface area contributed by atoms with Crippen LogP contribution in [0.3, 0.4) is 0 Å². The molecule has 0 aromatic carbocycles. The van der Waals surface area contributed by atoms with Gasteiger partial charge < -0.3 is 32.8 Å². The summed E-state index contributed by atoms with van der Waals surface area (Å²) in [7, 11) is 5.56. The van der Waals surface area contributed by atoms with Gasteiger partial charge in [0.1, 0.15) is 0 Å². The smallest absolute Gasteiger partial charge is 0.173 e. The van der Waals surface area contributed by atoms with Crippen LogP contribution < -0.4 is 0 Å². The second-order valence-electron chi connectivity index (χ2n) is 14.7. The first kappa shape index (κ1) is 35.3. The third-order valence-corrected chi connectivity index (χ3v) is 15.9. The Bertz CT molecular complexity index is 623. The molecule has 39 heavy (non-hydrogen) atoms. The van der Waals surface area contributed by atoms with Gasteiger partial charge in [0.2, 0.25) is 0 Å². The third-order valence-electron chi connectivity index (χ3n) is 8.33. The fraction of sp³-hybridized carbons (Fsp3) is 1.00. The van der Waals surface area contributed by atoms with Crippen LogP contribution in [0.2, 0.25) is 38.3 Å². The van der Waals surface area contributed by atoms with Crippen molar-refractivity contribution in [1.29, 1.82) is 0 Å². The highest BCUT2D eigenvalue weighted by Crippen LogP contribution is 2.24. The minimum Gasteiger partial charge on any atom is -0.455 e. The molecule has 0 saturated carbocycles. The minimum atomic E-state index is -1.76. The Hall–Kier alpha value is 0.0738. The van der Waals surface area contributed by atoms with Crippen molar-refractivity contribution < 1.29 is 32.8 Å². The van der Waals surface area contributed by atoms with Crippen LogP contribution in [0.15, 0.2) is 0 Å². The number of ether oxygens (including phenoxy) is 2. The van der Waals surface area contributed by atoms with E-state index in [9.17, 15) is 10.2 Å².